The minimum absolute atomic E-state index is 0.0117. The number of fused-ring (bicyclic) bond motifs is 1. The summed E-state index contributed by atoms with van der Waals surface area (Å²) in [6, 6.07) is 13.6. The lowest BCUT2D eigenvalue weighted by Crippen LogP contribution is -2.16. The summed E-state index contributed by atoms with van der Waals surface area (Å²) in [4.78, 5) is 43.0. The highest BCUT2D eigenvalue weighted by Crippen LogP contribution is 2.13. The Balaban J connectivity index is 1.52. The molecule has 7 heteroatoms. The first-order chi connectivity index (χ1) is 13.6. The van der Waals surface area contributed by atoms with E-state index >= 15 is 0 Å². The van der Waals surface area contributed by atoms with E-state index in [1.54, 1.807) is 48.5 Å². The van der Waals surface area contributed by atoms with Crippen LogP contribution in [0.15, 0.2) is 53.3 Å². The molecule has 3 rings (SSSR count). The Hall–Kier alpha value is -3.48. The number of aryl methyl sites for hydroxylation is 1. The fourth-order valence-corrected chi connectivity index (χ4v) is 2.68. The van der Waals surface area contributed by atoms with Crippen molar-refractivity contribution in [2.24, 2.45) is 0 Å². The first-order valence-electron chi connectivity index (χ1n) is 8.96. The molecule has 0 aliphatic heterocycles. The third kappa shape index (κ3) is 4.82. The van der Waals surface area contributed by atoms with E-state index in [4.69, 9.17) is 9.47 Å². The van der Waals surface area contributed by atoms with Gasteiger partial charge in [-0.1, -0.05) is 12.1 Å². The highest BCUT2D eigenvalue weighted by molar-refractivity contribution is 5.98. The van der Waals surface area contributed by atoms with Crippen molar-refractivity contribution in [2.45, 2.75) is 19.8 Å². The molecule has 0 unspecified atom stereocenters. The van der Waals surface area contributed by atoms with E-state index < -0.39 is 5.97 Å². The maximum atomic E-state index is 12.1. The third-order valence-corrected chi connectivity index (χ3v) is 4.08. The van der Waals surface area contributed by atoms with Gasteiger partial charge in [-0.15, -0.1) is 0 Å². The number of hydrogen-bond donors (Lipinski definition) is 1. The molecule has 2 aromatic carbocycles. The number of para-hydroxylation sites is 1. The van der Waals surface area contributed by atoms with Gasteiger partial charge in [-0.2, -0.15) is 0 Å². The van der Waals surface area contributed by atoms with Gasteiger partial charge in [0.05, 0.1) is 23.9 Å². The number of ketones is 1. The summed E-state index contributed by atoms with van der Waals surface area (Å²) >= 11 is 0. The molecule has 1 aromatic heterocycles. The molecule has 0 radical (unpaired) electrons. The van der Waals surface area contributed by atoms with Crippen LogP contribution in [0.1, 0.15) is 29.5 Å². The van der Waals surface area contributed by atoms with E-state index in [2.05, 4.69) is 9.97 Å². The molecular weight excluding hydrogens is 360 g/mol. The van der Waals surface area contributed by atoms with E-state index in [9.17, 15) is 14.4 Å². The lowest BCUT2D eigenvalue weighted by Gasteiger charge is -2.06. The van der Waals surface area contributed by atoms with Crippen molar-refractivity contribution < 1.29 is 19.1 Å². The van der Waals surface area contributed by atoms with E-state index in [0.29, 0.717) is 34.6 Å². The van der Waals surface area contributed by atoms with Crippen LogP contribution < -0.4 is 10.3 Å². The number of benzene rings is 2. The van der Waals surface area contributed by atoms with E-state index in [-0.39, 0.29) is 30.8 Å². The average molecular weight is 380 g/mol. The quantitative estimate of drug-likeness (QED) is 0.477. The number of nitrogens with one attached hydrogen (secondary N) is 1. The SMILES string of the molecule is CCOc1ccc(C(=O)COC(=O)CCc2nc3ccccc3c(=O)[nH]2)cc1. The number of hydrogen-bond acceptors (Lipinski definition) is 6. The zero-order chi connectivity index (χ0) is 19.9. The van der Waals surface area contributed by atoms with Gasteiger partial charge in [-0.05, 0) is 43.3 Å². The molecular formula is C21H20N2O5. The van der Waals surface area contributed by atoms with Crippen LogP contribution in [0.25, 0.3) is 10.9 Å². The van der Waals surface area contributed by atoms with Crippen LogP contribution in [0.5, 0.6) is 5.75 Å². The predicted octanol–water partition coefficient (Wildman–Crippen LogP) is 2.68. The number of aromatic amines is 1. The lowest BCUT2D eigenvalue weighted by atomic mass is 10.1. The Morgan fingerprint density at radius 3 is 2.57 bits per heavy atom. The number of ether oxygens (including phenoxy) is 2. The van der Waals surface area contributed by atoms with Gasteiger partial charge in [-0.3, -0.25) is 14.4 Å². The van der Waals surface area contributed by atoms with Crippen LogP contribution in [0.2, 0.25) is 0 Å². The molecule has 0 bridgehead atoms. The molecule has 1 heterocycles. The molecule has 0 saturated heterocycles. The van der Waals surface area contributed by atoms with Crippen molar-refractivity contribution in [3.63, 3.8) is 0 Å². The molecule has 28 heavy (non-hydrogen) atoms. The van der Waals surface area contributed by atoms with Crippen LogP contribution in [0.4, 0.5) is 0 Å². The number of rotatable bonds is 8. The summed E-state index contributed by atoms with van der Waals surface area (Å²) in [5.74, 6) is 0.246. The van der Waals surface area contributed by atoms with Crippen LogP contribution in [0.3, 0.4) is 0 Å². The summed E-state index contributed by atoms with van der Waals surface area (Å²) in [5, 5.41) is 0.495. The normalized spacial score (nSPS) is 10.6. The molecule has 144 valence electrons. The fraction of sp³-hybridized carbons (Fsp3) is 0.238. The minimum atomic E-state index is -0.532. The minimum Gasteiger partial charge on any atom is -0.494 e. The summed E-state index contributed by atoms with van der Waals surface area (Å²) in [6.07, 6.45) is 0.230. The average Bonchev–Trinajstić information content (AvgIpc) is 2.71. The van der Waals surface area contributed by atoms with Crippen LogP contribution in [0, 0.1) is 0 Å². The molecule has 1 N–H and O–H groups in total. The van der Waals surface area contributed by atoms with Gasteiger partial charge in [0.1, 0.15) is 11.6 Å². The molecule has 0 fully saturated rings. The lowest BCUT2D eigenvalue weighted by molar-refractivity contribution is -0.142. The highest BCUT2D eigenvalue weighted by atomic mass is 16.5. The van der Waals surface area contributed by atoms with Crippen LogP contribution >= 0.6 is 0 Å². The monoisotopic (exact) mass is 380 g/mol. The van der Waals surface area contributed by atoms with Gasteiger partial charge in [0.15, 0.2) is 12.4 Å². The summed E-state index contributed by atoms with van der Waals surface area (Å²) in [6.45, 7) is 2.08. The Bertz CT molecular complexity index is 1040. The molecule has 3 aromatic rings. The zero-order valence-corrected chi connectivity index (χ0v) is 15.4. The Kier molecular flexibility index (Phi) is 6.16. The molecule has 0 saturated carbocycles. The number of esters is 1. The van der Waals surface area contributed by atoms with Crippen molar-refractivity contribution in [3.05, 3.63) is 70.3 Å². The molecule has 0 aliphatic rings. The van der Waals surface area contributed by atoms with Gasteiger partial charge in [0, 0.05) is 12.0 Å². The third-order valence-electron chi connectivity index (χ3n) is 4.08. The van der Waals surface area contributed by atoms with E-state index in [0.717, 1.165) is 0 Å². The number of aromatic nitrogens is 2. The fourth-order valence-electron chi connectivity index (χ4n) is 2.68. The van der Waals surface area contributed by atoms with Gasteiger partial charge < -0.3 is 14.5 Å². The van der Waals surface area contributed by atoms with Crippen molar-refractivity contribution >= 4 is 22.7 Å². The van der Waals surface area contributed by atoms with Crippen molar-refractivity contribution in [2.75, 3.05) is 13.2 Å². The van der Waals surface area contributed by atoms with E-state index in [1.165, 1.54) is 0 Å². The van der Waals surface area contributed by atoms with Gasteiger partial charge in [0.25, 0.3) is 5.56 Å². The second-order valence-electron chi connectivity index (χ2n) is 6.07. The highest BCUT2D eigenvalue weighted by Gasteiger charge is 2.12. The maximum Gasteiger partial charge on any atom is 0.306 e. The smallest absolute Gasteiger partial charge is 0.306 e. The van der Waals surface area contributed by atoms with Crippen molar-refractivity contribution in [1.29, 1.82) is 0 Å². The standard InChI is InChI=1S/C21H20N2O5/c1-2-27-15-9-7-14(8-10-15)18(24)13-28-20(25)12-11-19-22-17-6-4-3-5-16(17)21(26)23-19/h3-10H,2,11-13H2,1H3,(H,22,23,26). The molecule has 0 aliphatic carbocycles. The van der Waals surface area contributed by atoms with Crippen molar-refractivity contribution in [1.82, 2.24) is 9.97 Å². The summed E-state index contributed by atoms with van der Waals surface area (Å²) < 4.78 is 10.4. The van der Waals surface area contributed by atoms with Crippen molar-refractivity contribution in [3.8, 4) is 5.75 Å². The van der Waals surface area contributed by atoms with Crippen LogP contribution in [-0.2, 0) is 16.0 Å². The predicted molar refractivity (Wildman–Crippen MR) is 104 cm³/mol. The topological polar surface area (TPSA) is 98.3 Å². The van der Waals surface area contributed by atoms with Gasteiger partial charge >= 0.3 is 5.97 Å². The molecule has 0 atom stereocenters. The van der Waals surface area contributed by atoms with Gasteiger partial charge in [-0.25, -0.2) is 4.98 Å². The Labute approximate surface area is 161 Å². The Morgan fingerprint density at radius 2 is 1.82 bits per heavy atom. The number of H-pyrrole nitrogens is 1. The number of nitrogens with zero attached hydrogens (tertiary/aromatic N) is 1. The molecule has 0 spiro atoms. The first-order valence-corrected chi connectivity index (χ1v) is 8.96. The zero-order valence-electron chi connectivity index (χ0n) is 15.4. The maximum absolute atomic E-state index is 12.1. The largest absolute Gasteiger partial charge is 0.494 e. The summed E-state index contributed by atoms with van der Waals surface area (Å²) in [5.41, 5.74) is 0.761. The number of carbonyl (C=O) groups excluding carboxylic acids is 2. The molecule has 7 nitrogen and oxygen atoms in total. The first kappa shape index (κ1) is 19.3. The second kappa shape index (κ2) is 8.94. The number of carbonyl (C=O) groups is 2. The van der Waals surface area contributed by atoms with Gasteiger partial charge in [0.2, 0.25) is 0 Å². The summed E-state index contributed by atoms with van der Waals surface area (Å²) in [7, 11) is 0. The second-order valence-corrected chi connectivity index (χ2v) is 6.07. The Morgan fingerprint density at radius 1 is 1.07 bits per heavy atom. The van der Waals surface area contributed by atoms with Crippen LogP contribution in [-0.4, -0.2) is 34.9 Å². The molecule has 0 amide bonds. The van der Waals surface area contributed by atoms with E-state index in [1.807, 2.05) is 6.92 Å². The number of Topliss-reactive ketones (excluding diaryl/α,β-unsaturated/α-hetero) is 1.